The summed E-state index contributed by atoms with van der Waals surface area (Å²) in [4.78, 5) is 18.2. The van der Waals surface area contributed by atoms with Crippen LogP contribution in [-0.4, -0.2) is 40.1 Å². The summed E-state index contributed by atoms with van der Waals surface area (Å²) in [6.45, 7) is 1.02. The number of thiazole rings is 1. The zero-order valence-corrected chi connectivity index (χ0v) is 17.2. The standard InChI is InChI=1S/C19H15Cl2N5OS/c1-26(10-11-27-19-24-17(20)23-18(21)25-19)13-8-6-12(7-9-13)16-22-14-4-2-3-5-15(14)28-16/h2-9H,10-11H2,1H3. The number of benzene rings is 2. The van der Waals surface area contributed by atoms with Gasteiger partial charge in [0, 0.05) is 18.3 Å². The van der Waals surface area contributed by atoms with Gasteiger partial charge in [0.25, 0.3) is 0 Å². The number of hydrogen-bond donors (Lipinski definition) is 0. The van der Waals surface area contributed by atoms with Gasteiger partial charge in [0.15, 0.2) is 0 Å². The Kier molecular flexibility index (Phi) is 5.57. The molecule has 0 radical (unpaired) electrons. The quantitative estimate of drug-likeness (QED) is 0.429. The molecular weight excluding hydrogens is 417 g/mol. The lowest BCUT2D eigenvalue weighted by molar-refractivity contribution is 0.299. The molecule has 2 heterocycles. The Bertz CT molecular complexity index is 1050. The second-order valence-corrected chi connectivity index (χ2v) is 7.67. The molecule has 0 aliphatic rings. The molecule has 0 unspecified atom stereocenters. The molecule has 0 fully saturated rings. The van der Waals surface area contributed by atoms with Crippen LogP contribution in [0.5, 0.6) is 6.01 Å². The van der Waals surface area contributed by atoms with Crippen molar-refractivity contribution in [3.63, 3.8) is 0 Å². The van der Waals surface area contributed by atoms with Crippen molar-refractivity contribution >= 4 is 50.4 Å². The van der Waals surface area contributed by atoms with Gasteiger partial charge in [-0.1, -0.05) is 12.1 Å². The predicted octanol–water partition coefficient (Wildman–Crippen LogP) is 4.97. The van der Waals surface area contributed by atoms with Crippen molar-refractivity contribution in [3.05, 3.63) is 59.1 Å². The minimum absolute atomic E-state index is 0.00814. The van der Waals surface area contributed by atoms with Crippen molar-refractivity contribution in [2.75, 3.05) is 25.1 Å². The van der Waals surface area contributed by atoms with E-state index < -0.39 is 0 Å². The van der Waals surface area contributed by atoms with E-state index in [1.807, 2.05) is 25.2 Å². The monoisotopic (exact) mass is 431 g/mol. The number of ether oxygens (including phenoxy) is 1. The summed E-state index contributed by atoms with van der Waals surface area (Å²) in [7, 11) is 1.99. The van der Waals surface area contributed by atoms with Gasteiger partial charge < -0.3 is 9.64 Å². The second kappa shape index (κ2) is 8.26. The molecule has 9 heteroatoms. The number of rotatable bonds is 6. The van der Waals surface area contributed by atoms with E-state index in [-0.39, 0.29) is 16.6 Å². The molecule has 0 spiro atoms. The van der Waals surface area contributed by atoms with Crippen LogP contribution in [0.2, 0.25) is 10.6 Å². The van der Waals surface area contributed by atoms with Crippen LogP contribution in [0.3, 0.4) is 0 Å². The molecule has 4 aromatic rings. The zero-order chi connectivity index (χ0) is 19.5. The Hall–Kier alpha value is -2.48. The third-order valence-electron chi connectivity index (χ3n) is 4.07. The molecular formula is C19H15Cl2N5OS. The first-order valence-corrected chi connectivity index (χ1v) is 10.0. The highest BCUT2D eigenvalue weighted by Crippen LogP contribution is 2.30. The molecule has 0 atom stereocenters. The van der Waals surface area contributed by atoms with Gasteiger partial charge in [0.05, 0.1) is 16.8 Å². The number of halogens is 2. The summed E-state index contributed by atoms with van der Waals surface area (Å²) in [5.41, 5.74) is 3.20. The number of hydrogen-bond acceptors (Lipinski definition) is 7. The van der Waals surface area contributed by atoms with Gasteiger partial charge in [0.2, 0.25) is 10.6 Å². The molecule has 0 aliphatic carbocycles. The number of likely N-dealkylation sites (N-methyl/N-ethyl adjacent to an activating group) is 1. The van der Waals surface area contributed by atoms with Gasteiger partial charge in [0.1, 0.15) is 11.6 Å². The van der Waals surface area contributed by atoms with Gasteiger partial charge in [-0.2, -0.15) is 15.0 Å². The minimum Gasteiger partial charge on any atom is -0.461 e. The van der Waals surface area contributed by atoms with Crippen LogP contribution in [0.15, 0.2) is 48.5 Å². The summed E-state index contributed by atoms with van der Waals surface area (Å²) in [6.07, 6.45) is 0. The Morgan fingerprint density at radius 3 is 2.36 bits per heavy atom. The van der Waals surface area contributed by atoms with Crippen molar-refractivity contribution in [2.24, 2.45) is 0 Å². The number of aromatic nitrogens is 4. The molecule has 0 aliphatic heterocycles. The average Bonchev–Trinajstić information content (AvgIpc) is 3.11. The van der Waals surface area contributed by atoms with Crippen molar-refractivity contribution in [1.29, 1.82) is 0 Å². The minimum atomic E-state index is 0.00814. The maximum atomic E-state index is 5.74. The van der Waals surface area contributed by atoms with Crippen LogP contribution in [0.1, 0.15) is 0 Å². The number of nitrogens with zero attached hydrogens (tertiary/aromatic N) is 5. The predicted molar refractivity (Wildman–Crippen MR) is 114 cm³/mol. The fraction of sp³-hybridized carbons (Fsp3) is 0.158. The van der Waals surface area contributed by atoms with Gasteiger partial charge in [-0.05, 0) is 59.6 Å². The third kappa shape index (κ3) is 4.32. The van der Waals surface area contributed by atoms with E-state index in [2.05, 4.69) is 50.2 Å². The fourth-order valence-electron chi connectivity index (χ4n) is 2.63. The molecule has 28 heavy (non-hydrogen) atoms. The largest absolute Gasteiger partial charge is 0.461 e. The van der Waals surface area contributed by atoms with Crippen LogP contribution in [0, 0.1) is 0 Å². The highest BCUT2D eigenvalue weighted by molar-refractivity contribution is 7.21. The molecule has 0 bridgehead atoms. The first-order valence-electron chi connectivity index (χ1n) is 8.45. The van der Waals surface area contributed by atoms with E-state index in [0.717, 1.165) is 21.8 Å². The lowest BCUT2D eigenvalue weighted by Gasteiger charge is -2.19. The highest BCUT2D eigenvalue weighted by Gasteiger charge is 2.08. The van der Waals surface area contributed by atoms with Crippen molar-refractivity contribution < 1.29 is 4.74 Å². The molecule has 4 rings (SSSR count). The van der Waals surface area contributed by atoms with E-state index in [0.29, 0.717) is 13.2 Å². The van der Waals surface area contributed by atoms with E-state index in [1.165, 1.54) is 4.70 Å². The summed E-state index contributed by atoms with van der Waals surface area (Å²) < 4.78 is 6.69. The van der Waals surface area contributed by atoms with Gasteiger partial charge in [-0.25, -0.2) is 4.98 Å². The molecule has 6 nitrogen and oxygen atoms in total. The van der Waals surface area contributed by atoms with Crippen LogP contribution in [0.4, 0.5) is 5.69 Å². The second-order valence-electron chi connectivity index (χ2n) is 5.96. The maximum absolute atomic E-state index is 5.74. The topological polar surface area (TPSA) is 64.0 Å². The fourth-order valence-corrected chi connectivity index (χ4v) is 3.95. The molecule has 0 saturated heterocycles. The molecule has 0 saturated carbocycles. The maximum Gasteiger partial charge on any atom is 0.322 e. The molecule has 142 valence electrons. The molecule has 2 aromatic heterocycles. The molecule has 2 aromatic carbocycles. The van der Waals surface area contributed by atoms with Crippen LogP contribution < -0.4 is 9.64 Å². The van der Waals surface area contributed by atoms with E-state index >= 15 is 0 Å². The van der Waals surface area contributed by atoms with E-state index in [4.69, 9.17) is 32.9 Å². The van der Waals surface area contributed by atoms with Gasteiger partial charge >= 0.3 is 6.01 Å². The smallest absolute Gasteiger partial charge is 0.322 e. The van der Waals surface area contributed by atoms with E-state index in [1.54, 1.807) is 11.3 Å². The molecule has 0 amide bonds. The Morgan fingerprint density at radius 2 is 1.64 bits per heavy atom. The summed E-state index contributed by atoms with van der Waals surface area (Å²) in [6, 6.07) is 16.6. The van der Waals surface area contributed by atoms with Crippen LogP contribution >= 0.6 is 34.5 Å². The Balaban J connectivity index is 1.39. The highest BCUT2D eigenvalue weighted by atomic mass is 35.5. The Morgan fingerprint density at radius 1 is 0.929 bits per heavy atom. The Labute approximate surface area is 175 Å². The number of anilines is 1. The summed E-state index contributed by atoms with van der Waals surface area (Å²) in [5.74, 6) is 0. The van der Waals surface area contributed by atoms with Gasteiger partial charge in [-0.15, -0.1) is 11.3 Å². The van der Waals surface area contributed by atoms with E-state index in [9.17, 15) is 0 Å². The average molecular weight is 432 g/mol. The van der Waals surface area contributed by atoms with Crippen molar-refractivity contribution in [3.8, 4) is 16.6 Å². The zero-order valence-electron chi connectivity index (χ0n) is 14.8. The van der Waals surface area contributed by atoms with Gasteiger partial charge in [-0.3, -0.25) is 0 Å². The van der Waals surface area contributed by atoms with Crippen molar-refractivity contribution in [1.82, 2.24) is 19.9 Å². The normalized spacial score (nSPS) is 11.0. The van der Waals surface area contributed by atoms with Crippen LogP contribution in [0.25, 0.3) is 20.8 Å². The lowest BCUT2D eigenvalue weighted by atomic mass is 10.2. The number of para-hydroxylation sites is 1. The first-order chi connectivity index (χ1) is 13.6. The van der Waals surface area contributed by atoms with Crippen molar-refractivity contribution in [2.45, 2.75) is 0 Å². The summed E-state index contributed by atoms with van der Waals surface area (Å²) in [5, 5.41) is 1.03. The summed E-state index contributed by atoms with van der Waals surface area (Å²) >= 11 is 13.2. The number of fused-ring (bicyclic) bond motifs is 1. The SMILES string of the molecule is CN(CCOc1nc(Cl)nc(Cl)n1)c1ccc(-c2nc3ccccc3s2)cc1. The lowest BCUT2D eigenvalue weighted by Crippen LogP contribution is -2.24. The van der Waals surface area contributed by atoms with Crippen LogP contribution in [-0.2, 0) is 0 Å². The first kappa shape index (κ1) is 18.9. The third-order valence-corrected chi connectivity index (χ3v) is 5.49. The molecule has 0 N–H and O–H groups in total.